The molecule has 1 N–H and O–H groups in total. The Labute approximate surface area is 190 Å². The summed E-state index contributed by atoms with van der Waals surface area (Å²) in [5.41, 5.74) is -0.452. The van der Waals surface area contributed by atoms with Crippen molar-refractivity contribution in [1.29, 1.82) is 0 Å². The maximum Gasteiger partial charge on any atom is 0.309 e. The van der Waals surface area contributed by atoms with E-state index >= 15 is 0 Å². The van der Waals surface area contributed by atoms with Crippen molar-refractivity contribution in [2.75, 3.05) is 19.8 Å². The Balaban J connectivity index is 1.59. The molecule has 0 amide bonds. The Morgan fingerprint density at radius 3 is 2.22 bits per heavy atom. The number of esters is 1. The monoisotopic (exact) mass is 452 g/mol. The van der Waals surface area contributed by atoms with E-state index in [9.17, 15) is 9.90 Å². The van der Waals surface area contributed by atoms with E-state index < -0.39 is 20.0 Å². The van der Waals surface area contributed by atoms with Crippen LogP contribution in [0.2, 0.25) is 5.04 Å². The van der Waals surface area contributed by atoms with Gasteiger partial charge in [0, 0.05) is 23.9 Å². The van der Waals surface area contributed by atoms with Gasteiger partial charge < -0.3 is 19.0 Å². The van der Waals surface area contributed by atoms with Crippen molar-refractivity contribution in [3.8, 4) is 0 Å². The fraction of sp³-hybridized carbons (Fsp3) is 0.500. The highest BCUT2D eigenvalue weighted by molar-refractivity contribution is 6.99. The molecule has 1 saturated carbocycles. The van der Waals surface area contributed by atoms with Crippen molar-refractivity contribution in [3.63, 3.8) is 0 Å². The van der Waals surface area contributed by atoms with E-state index in [1.807, 2.05) is 12.1 Å². The van der Waals surface area contributed by atoms with Gasteiger partial charge in [0.05, 0.1) is 12.5 Å². The van der Waals surface area contributed by atoms with Crippen LogP contribution in [-0.2, 0) is 18.7 Å². The molecule has 0 spiro atoms. The Hall–Kier alpha value is -1.99. The van der Waals surface area contributed by atoms with Crippen molar-refractivity contribution in [2.45, 2.75) is 38.5 Å². The summed E-state index contributed by atoms with van der Waals surface area (Å²) in [6.45, 7) is 7.97. The number of rotatable bonds is 5. The quantitative estimate of drug-likeness (QED) is 0.558. The molecular weight excluding hydrogens is 420 g/mol. The summed E-state index contributed by atoms with van der Waals surface area (Å²) in [5, 5.41) is 12.7. The molecule has 0 aromatic heterocycles. The maximum absolute atomic E-state index is 12.7. The van der Waals surface area contributed by atoms with Crippen molar-refractivity contribution in [1.82, 2.24) is 0 Å². The van der Waals surface area contributed by atoms with E-state index in [-0.39, 0.29) is 28.8 Å². The van der Waals surface area contributed by atoms with Crippen molar-refractivity contribution in [2.24, 2.45) is 23.2 Å². The van der Waals surface area contributed by atoms with Crippen LogP contribution >= 0.6 is 0 Å². The number of ether oxygens (including phenoxy) is 2. The number of fused-ring (bicyclic) bond motifs is 3. The lowest BCUT2D eigenvalue weighted by molar-refractivity contribution is -0.142. The van der Waals surface area contributed by atoms with Gasteiger partial charge in [0.25, 0.3) is 8.32 Å². The summed E-state index contributed by atoms with van der Waals surface area (Å²) in [6, 6.07) is 21.1. The molecule has 5 atom stereocenters. The predicted octanol–water partition coefficient (Wildman–Crippen LogP) is 2.71. The van der Waals surface area contributed by atoms with Gasteiger partial charge in [-0.1, -0.05) is 81.4 Å². The smallest absolute Gasteiger partial charge is 0.309 e. The average molecular weight is 453 g/mol. The fourth-order valence-electron chi connectivity index (χ4n) is 6.38. The van der Waals surface area contributed by atoms with E-state index in [4.69, 9.17) is 13.9 Å². The van der Waals surface area contributed by atoms with Crippen LogP contribution in [0, 0.1) is 23.2 Å². The van der Waals surface area contributed by atoms with Gasteiger partial charge in [0.15, 0.2) is 6.29 Å². The lowest BCUT2D eigenvalue weighted by Crippen LogP contribution is -2.67. The minimum absolute atomic E-state index is 0.0318. The highest BCUT2D eigenvalue weighted by atomic mass is 28.4. The standard InChI is InChI=1S/C26H32O5Si/c1-25(2,3)32(18-10-6-4-7-11-18,19-12-8-5-9-13-19)31-17-26-16-30-24(28)21(26)14-20-22(26)15-29-23(20)27/h4-13,20-23,27H,14-17H2,1-3H3/t20-,21-,22-,23-,26-/m0/s1. The minimum Gasteiger partial charge on any atom is -0.465 e. The zero-order valence-corrected chi connectivity index (χ0v) is 20.0. The van der Waals surface area contributed by atoms with Crippen LogP contribution in [0.5, 0.6) is 0 Å². The number of aliphatic hydroxyl groups excluding tert-OH is 1. The number of carbonyl (C=O) groups is 1. The van der Waals surface area contributed by atoms with Gasteiger partial charge in [-0.15, -0.1) is 0 Å². The Morgan fingerprint density at radius 1 is 1.06 bits per heavy atom. The number of carbonyl (C=O) groups excluding carboxylic acids is 1. The SMILES string of the molecule is CC(C)(C)[Si](OC[C@@]12COC(=O)[C@@H]1C[C@@H]1[C@@H](O)OC[C@@H]12)(c1ccccc1)c1ccccc1. The van der Waals surface area contributed by atoms with Gasteiger partial charge in [-0.2, -0.15) is 0 Å². The number of hydrogen-bond acceptors (Lipinski definition) is 5. The van der Waals surface area contributed by atoms with E-state index in [2.05, 4.69) is 69.3 Å². The zero-order valence-electron chi connectivity index (χ0n) is 19.0. The Bertz CT molecular complexity index is 933. The maximum atomic E-state index is 12.7. The molecule has 0 radical (unpaired) electrons. The second-order valence-corrected chi connectivity index (χ2v) is 14.9. The Morgan fingerprint density at radius 2 is 1.66 bits per heavy atom. The average Bonchev–Trinajstić information content (AvgIpc) is 3.41. The largest absolute Gasteiger partial charge is 0.465 e. The molecule has 3 aliphatic rings. The topological polar surface area (TPSA) is 65.0 Å². The molecule has 2 saturated heterocycles. The molecule has 0 bridgehead atoms. The Kier molecular flexibility index (Phi) is 5.32. The summed E-state index contributed by atoms with van der Waals surface area (Å²) in [7, 11) is -2.74. The van der Waals surface area contributed by atoms with Crippen LogP contribution < -0.4 is 10.4 Å². The summed E-state index contributed by atoms with van der Waals surface area (Å²) < 4.78 is 18.4. The second-order valence-electron chi connectivity index (χ2n) is 10.6. The lowest BCUT2D eigenvalue weighted by atomic mass is 9.74. The van der Waals surface area contributed by atoms with Gasteiger partial charge in [-0.3, -0.25) is 4.79 Å². The normalized spacial score (nSPS) is 31.9. The van der Waals surface area contributed by atoms with Gasteiger partial charge in [0.2, 0.25) is 0 Å². The highest BCUT2D eigenvalue weighted by Crippen LogP contribution is 2.59. The molecule has 6 heteroatoms. The van der Waals surface area contributed by atoms with Crippen LogP contribution in [0.1, 0.15) is 27.2 Å². The number of benzene rings is 2. The molecule has 2 aliphatic heterocycles. The molecule has 3 fully saturated rings. The van der Waals surface area contributed by atoms with E-state index in [0.717, 1.165) is 0 Å². The molecule has 2 aromatic carbocycles. The van der Waals surface area contributed by atoms with Crippen LogP contribution in [0.3, 0.4) is 0 Å². The highest BCUT2D eigenvalue weighted by Gasteiger charge is 2.66. The molecule has 0 unspecified atom stereocenters. The molecule has 2 aromatic rings. The minimum atomic E-state index is -2.74. The summed E-state index contributed by atoms with van der Waals surface area (Å²) in [5.74, 6) is -0.366. The van der Waals surface area contributed by atoms with Crippen molar-refractivity contribution in [3.05, 3.63) is 60.7 Å². The zero-order chi connectivity index (χ0) is 22.6. The number of cyclic esters (lactones) is 1. The van der Waals surface area contributed by atoms with Crippen LogP contribution in [0.15, 0.2) is 60.7 Å². The van der Waals surface area contributed by atoms with Crippen LogP contribution in [-0.4, -0.2) is 45.5 Å². The summed E-state index contributed by atoms with van der Waals surface area (Å²) in [4.78, 5) is 12.7. The first kappa shape index (κ1) is 21.8. The first-order valence-electron chi connectivity index (χ1n) is 11.5. The second kappa shape index (κ2) is 7.80. The summed E-state index contributed by atoms with van der Waals surface area (Å²) >= 11 is 0. The fourth-order valence-corrected chi connectivity index (χ4v) is 11.0. The molecule has 170 valence electrons. The number of aliphatic hydroxyl groups is 1. The predicted molar refractivity (Wildman–Crippen MR) is 124 cm³/mol. The molecule has 5 nitrogen and oxygen atoms in total. The van der Waals surface area contributed by atoms with Gasteiger partial charge in [-0.05, 0) is 21.8 Å². The molecule has 1 aliphatic carbocycles. The van der Waals surface area contributed by atoms with Crippen LogP contribution in [0.25, 0.3) is 0 Å². The first-order chi connectivity index (χ1) is 15.3. The van der Waals surface area contributed by atoms with E-state index in [0.29, 0.717) is 26.2 Å². The van der Waals surface area contributed by atoms with E-state index in [1.165, 1.54) is 10.4 Å². The lowest BCUT2D eigenvalue weighted by Gasteiger charge is -2.45. The number of hydrogen-bond donors (Lipinski definition) is 1. The van der Waals surface area contributed by atoms with Gasteiger partial charge >= 0.3 is 5.97 Å². The third kappa shape index (κ3) is 3.11. The van der Waals surface area contributed by atoms with E-state index in [1.54, 1.807) is 0 Å². The molecule has 5 rings (SSSR count). The summed E-state index contributed by atoms with van der Waals surface area (Å²) in [6.07, 6.45) is -0.197. The molecular formula is C26H32O5Si. The van der Waals surface area contributed by atoms with Gasteiger partial charge in [0.1, 0.15) is 6.61 Å². The van der Waals surface area contributed by atoms with Gasteiger partial charge in [-0.25, -0.2) is 0 Å². The third-order valence-corrected chi connectivity index (χ3v) is 13.0. The first-order valence-corrected chi connectivity index (χ1v) is 13.4. The molecule has 32 heavy (non-hydrogen) atoms. The van der Waals surface area contributed by atoms with Crippen LogP contribution in [0.4, 0.5) is 0 Å². The molecule has 2 heterocycles. The van der Waals surface area contributed by atoms with Crippen molar-refractivity contribution >= 4 is 24.7 Å². The third-order valence-electron chi connectivity index (χ3n) is 8.01. The van der Waals surface area contributed by atoms with Crippen molar-refractivity contribution < 1.29 is 23.8 Å².